The monoisotopic (exact) mass is 152 g/mol. The van der Waals surface area contributed by atoms with Gasteiger partial charge < -0.3 is 5.32 Å². The molecule has 2 heteroatoms. The molecule has 0 bridgehead atoms. The van der Waals surface area contributed by atoms with Gasteiger partial charge in [0.2, 0.25) is 0 Å². The Labute approximate surface area is 68.9 Å². The fourth-order valence-corrected chi connectivity index (χ4v) is 0.661. The highest BCUT2D eigenvalue weighted by molar-refractivity contribution is 4.91. The van der Waals surface area contributed by atoms with Crippen molar-refractivity contribution in [3.63, 3.8) is 0 Å². The van der Waals surface area contributed by atoms with Gasteiger partial charge in [-0.05, 0) is 26.8 Å². The maximum Gasteiger partial charge on any atom is 0.0684 e. The summed E-state index contributed by atoms with van der Waals surface area (Å²) in [5, 5.41) is 11.8. The van der Waals surface area contributed by atoms with Gasteiger partial charge in [0.15, 0.2) is 0 Å². The minimum absolute atomic E-state index is 0.200. The van der Waals surface area contributed by atoms with Crippen LogP contribution in [0.4, 0.5) is 0 Å². The zero-order valence-corrected chi connectivity index (χ0v) is 7.35. The van der Waals surface area contributed by atoms with E-state index in [1.807, 2.05) is 19.9 Å². The summed E-state index contributed by atoms with van der Waals surface area (Å²) in [6, 6.07) is 2.25. The van der Waals surface area contributed by atoms with Crippen LogP contribution in [0.3, 0.4) is 0 Å². The van der Waals surface area contributed by atoms with E-state index in [0.717, 1.165) is 19.5 Å². The van der Waals surface area contributed by atoms with E-state index < -0.39 is 0 Å². The van der Waals surface area contributed by atoms with Crippen LogP contribution in [0, 0.1) is 16.7 Å². The molecule has 11 heavy (non-hydrogen) atoms. The molecule has 0 radical (unpaired) electrons. The Bertz CT molecular complexity index is 153. The summed E-state index contributed by atoms with van der Waals surface area (Å²) in [7, 11) is 0. The molecular weight excluding hydrogens is 136 g/mol. The van der Waals surface area contributed by atoms with E-state index in [0.29, 0.717) is 0 Å². The topological polar surface area (TPSA) is 35.8 Å². The third-order valence-electron chi connectivity index (χ3n) is 1.52. The van der Waals surface area contributed by atoms with Crippen molar-refractivity contribution in [1.82, 2.24) is 5.32 Å². The van der Waals surface area contributed by atoms with E-state index in [-0.39, 0.29) is 5.41 Å². The maximum absolute atomic E-state index is 8.65. The Morgan fingerprint density at radius 2 is 2.27 bits per heavy atom. The Kier molecular flexibility index (Phi) is 4.56. The van der Waals surface area contributed by atoms with Crippen molar-refractivity contribution in [2.24, 2.45) is 5.41 Å². The third kappa shape index (κ3) is 5.63. The number of rotatable bonds is 5. The maximum atomic E-state index is 8.65. The second-order valence-corrected chi connectivity index (χ2v) is 3.24. The average Bonchev–Trinajstić information content (AvgIpc) is 1.99. The van der Waals surface area contributed by atoms with E-state index in [1.54, 1.807) is 0 Å². The number of nitriles is 1. The molecule has 0 rings (SSSR count). The molecule has 0 heterocycles. The van der Waals surface area contributed by atoms with Gasteiger partial charge in [0.05, 0.1) is 11.5 Å². The van der Waals surface area contributed by atoms with Gasteiger partial charge in [0.25, 0.3) is 0 Å². The molecule has 62 valence electrons. The molecular formula is C9H16N2. The number of nitrogens with one attached hydrogen (secondary N) is 1. The van der Waals surface area contributed by atoms with Crippen molar-refractivity contribution in [3.8, 4) is 6.07 Å². The molecule has 2 nitrogen and oxygen atoms in total. The molecule has 0 atom stereocenters. The molecule has 0 aliphatic rings. The highest BCUT2D eigenvalue weighted by Crippen LogP contribution is 2.16. The lowest BCUT2D eigenvalue weighted by Crippen LogP contribution is -2.21. The van der Waals surface area contributed by atoms with Gasteiger partial charge in [-0.2, -0.15) is 5.26 Å². The highest BCUT2D eigenvalue weighted by Gasteiger charge is 2.14. The molecule has 0 aromatic heterocycles. The second-order valence-electron chi connectivity index (χ2n) is 3.24. The fraction of sp³-hybridized carbons (Fsp3) is 0.667. The second kappa shape index (κ2) is 4.92. The summed E-state index contributed by atoms with van der Waals surface area (Å²) >= 11 is 0. The average molecular weight is 152 g/mol. The van der Waals surface area contributed by atoms with Gasteiger partial charge in [0.1, 0.15) is 0 Å². The molecule has 0 spiro atoms. The van der Waals surface area contributed by atoms with Gasteiger partial charge in [-0.15, -0.1) is 6.58 Å². The summed E-state index contributed by atoms with van der Waals surface area (Å²) in [4.78, 5) is 0. The molecule has 0 fully saturated rings. The van der Waals surface area contributed by atoms with E-state index in [2.05, 4.69) is 18.0 Å². The van der Waals surface area contributed by atoms with Crippen molar-refractivity contribution in [1.29, 1.82) is 5.26 Å². The quantitative estimate of drug-likeness (QED) is 0.481. The van der Waals surface area contributed by atoms with E-state index in [9.17, 15) is 0 Å². The minimum atomic E-state index is -0.200. The third-order valence-corrected chi connectivity index (χ3v) is 1.52. The lowest BCUT2D eigenvalue weighted by molar-refractivity contribution is 0.439. The summed E-state index contributed by atoms with van der Waals surface area (Å²) in [6.07, 6.45) is 2.71. The van der Waals surface area contributed by atoms with Crippen LogP contribution in [0.5, 0.6) is 0 Å². The minimum Gasteiger partial charge on any atom is -0.313 e. The molecule has 0 unspecified atom stereocenters. The van der Waals surface area contributed by atoms with Crippen LogP contribution in [0.2, 0.25) is 0 Å². The zero-order chi connectivity index (χ0) is 8.74. The molecule has 0 aromatic carbocycles. The summed E-state index contributed by atoms with van der Waals surface area (Å²) in [5.74, 6) is 0. The SMILES string of the molecule is C=CCNCCC(C)(C)C#N. The smallest absolute Gasteiger partial charge is 0.0684 e. The van der Waals surface area contributed by atoms with E-state index in [4.69, 9.17) is 5.26 Å². The van der Waals surface area contributed by atoms with Crippen LogP contribution < -0.4 is 5.32 Å². The lowest BCUT2D eigenvalue weighted by Gasteiger charge is -2.14. The van der Waals surface area contributed by atoms with Crippen LogP contribution in [-0.4, -0.2) is 13.1 Å². The molecule has 0 aliphatic heterocycles. The number of nitrogens with zero attached hydrogens (tertiary/aromatic N) is 1. The lowest BCUT2D eigenvalue weighted by atomic mass is 9.92. The van der Waals surface area contributed by atoms with Crippen molar-refractivity contribution in [2.75, 3.05) is 13.1 Å². The van der Waals surface area contributed by atoms with Crippen molar-refractivity contribution >= 4 is 0 Å². The van der Waals surface area contributed by atoms with Crippen LogP contribution in [0.1, 0.15) is 20.3 Å². The van der Waals surface area contributed by atoms with Gasteiger partial charge >= 0.3 is 0 Å². The Morgan fingerprint density at radius 3 is 2.73 bits per heavy atom. The molecule has 0 aliphatic carbocycles. The summed E-state index contributed by atoms with van der Waals surface area (Å²) in [5.41, 5.74) is -0.200. The highest BCUT2D eigenvalue weighted by atomic mass is 14.8. The molecule has 0 amide bonds. The molecule has 0 saturated heterocycles. The normalized spacial score (nSPS) is 10.6. The van der Waals surface area contributed by atoms with E-state index in [1.165, 1.54) is 0 Å². The van der Waals surface area contributed by atoms with Crippen molar-refractivity contribution in [2.45, 2.75) is 20.3 Å². The van der Waals surface area contributed by atoms with Crippen molar-refractivity contribution in [3.05, 3.63) is 12.7 Å². The Hall–Kier alpha value is -0.810. The Balaban J connectivity index is 3.39. The number of hydrogen-bond acceptors (Lipinski definition) is 2. The van der Waals surface area contributed by atoms with Crippen LogP contribution in [-0.2, 0) is 0 Å². The van der Waals surface area contributed by atoms with Gasteiger partial charge in [0, 0.05) is 6.54 Å². The first-order chi connectivity index (χ1) is 5.12. The van der Waals surface area contributed by atoms with Gasteiger partial charge in [-0.1, -0.05) is 6.08 Å². The first kappa shape index (κ1) is 10.2. The standard InChI is InChI=1S/C9H16N2/c1-4-6-11-7-5-9(2,3)8-10/h4,11H,1,5-7H2,2-3H3. The van der Waals surface area contributed by atoms with Crippen molar-refractivity contribution < 1.29 is 0 Å². The zero-order valence-electron chi connectivity index (χ0n) is 7.35. The fourth-order valence-electron chi connectivity index (χ4n) is 0.661. The summed E-state index contributed by atoms with van der Waals surface area (Å²) in [6.45, 7) is 9.18. The Morgan fingerprint density at radius 1 is 1.64 bits per heavy atom. The van der Waals surface area contributed by atoms with Crippen LogP contribution in [0.15, 0.2) is 12.7 Å². The number of hydrogen-bond donors (Lipinski definition) is 1. The largest absolute Gasteiger partial charge is 0.313 e. The van der Waals surface area contributed by atoms with Crippen LogP contribution in [0.25, 0.3) is 0 Å². The van der Waals surface area contributed by atoms with Gasteiger partial charge in [-0.25, -0.2) is 0 Å². The van der Waals surface area contributed by atoms with Crippen LogP contribution >= 0.6 is 0 Å². The predicted molar refractivity (Wildman–Crippen MR) is 47.1 cm³/mol. The molecule has 0 aromatic rings. The molecule has 1 N–H and O–H groups in total. The summed E-state index contributed by atoms with van der Waals surface area (Å²) < 4.78 is 0. The van der Waals surface area contributed by atoms with Gasteiger partial charge in [-0.3, -0.25) is 0 Å². The molecule has 0 saturated carbocycles. The first-order valence-corrected chi connectivity index (χ1v) is 3.85. The first-order valence-electron chi connectivity index (χ1n) is 3.85. The van der Waals surface area contributed by atoms with E-state index >= 15 is 0 Å². The predicted octanol–water partition coefficient (Wildman–Crippen LogP) is 1.70.